The number of ether oxygens (including phenoxy) is 2. The Balaban J connectivity index is 1.63. The molecule has 21 heavy (non-hydrogen) atoms. The zero-order valence-electron chi connectivity index (χ0n) is 12.6. The summed E-state index contributed by atoms with van der Waals surface area (Å²) < 4.78 is 11.6. The van der Waals surface area contributed by atoms with Crippen LogP contribution in [0.3, 0.4) is 0 Å². The third-order valence-electron chi connectivity index (χ3n) is 4.75. The van der Waals surface area contributed by atoms with Gasteiger partial charge >= 0.3 is 0 Å². The number of rotatable bonds is 3. The molecule has 2 fully saturated rings. The molecule has 2 saturated heterocycles. The van der Waals surface area contributed by atoms with Gasteiger partial charge in [-0.2, -0.15) is 0 Å². The SMILES string of the molecule is CC(NC1CCOC2(CCOCC2)C1)c1ccccc1Cl. The minimum atomic E-state index is 0.0361. The Morgan fingerprint density at radius 2 is 2.00 bits per heavy atom. The molecule has 2 unspecified atom stereocenters. The van der Waals surface area contributed by atoms with Crippen LogP contribution in [0.2, 0.25) is 5.02 Å². The van der Waals surface area contributed by atoms with Gasteiger partial charge in [-0.1, -0.05) is 29.8 Å². The van der Waals surface area contributed by atoms with Gasteiger partial charge in [-0.15, -0.1) is 0 Å². The lowest BCUT2D eigenvalue weighted by molar-refractivity contribution is -0.140. The Bertz CT molecular complexity index is 468. The third kappa shape index (κ3) is 3.59. The highest BCUT2D eigenvalue weighted by Gasteiger charge is 2.39. The molecular weight excluding hydrogens is 286 g/mol. The van der Waals surface area contributed by atoms with Gasteiger partial charge in [0.05, 0.1) is 5.60 Å². The highest BCUT2D eigenvalue weighted by atomic mass is 35.5. The molecule has 1 aromatic carbocycles. The maximum absolute atomic E-state index is 6.30. The number of hydrogen-bond donors (Lipinski definition) is 1. The van der Waals surface area contributed by atoms with Crippen LogP contribution in [0.15, 0.2) is 24.3 Å². The molecule has 1 spiro atoms. The van der Waals surface area contributed by atoms with Crippen LogP contribution in [0.1, 0.15) is 44.2 Å². The quantitative estimate of drug-likeness (QED) is 0.923. The molecule has 1 aromatic rings. The summed E-state index contributed by atoms with van der Waals surface area (Å²) in [6.45, 7) is 4.68. The van der Waals surface area contributed by atoms with E-state index in [2.05, 4.69) is 18.3 Å². The molecule has 3 nitrogen and oxygen atoms in total. The molecule has 116 valence electrons. The van der Waals surface area contributed by atoms with Crippen LogP contribution in [0, 0.1) is 0 Å². The first kappa shape index (κ1) is 15.3. The molecule has 2 aliphatic rings. The highest BCUT2D eigenvalue weighted by Crippen LogP contribution is 2.35. The van der Waals surface area contributed by atoms with Crippen molar-refractivity contribution in [3.8, 4) is 0 Å². The van der Waals surface area contributed by atoms with Crippen molar-refractivity contribution in [2.45, 2.75) is 50.3 Å². The molecule has 3 rings (SSSR count). The Hall–Kier alpha value is -0.610. The average Bonchev–Trinajstić information content (AvgIpc) is 2.48. The second-order valence-corrected chi connectivity index (χ2v) is 6.65. The molecule has 2 heterocycles. The maximum atomic E-state index is 6.30. The number of hydrogen-bond acceptors (Lipinski definition) is 3. The summed E-state index contributed by atoms with van der Waals surface area (Å²) in [6, 6.07) is 8.83. The van der Waals surface area contributed by atoms with Gasteiger partial charge in [-0.25, -0.2) is 0 Å². The average molecular weight is 310 g/mol. The van der Waals surface area contributed by atoms with E-state index < -0.39 is 0 Å². The smallest absolute Gasteiger partial charge is 0.0741 e. The molecule has 4 heteroatoms. The van der Waals surface area contributed by atoms with Crippen LogP contribution in [-0.4, -0.2) is 31.5 Å². The molecule has 0 aromatic heterocycles. The molecule has 1 N–H and O–H groups in total. The van der Waals surface area contributed by atoms with Crippen molar-refractivity contribution in [3.05, 3.63) is 34.9 Å². The zero-order valence-corrected chi connectivity index (χ0v) is 13.4. The van der Waals surface area contributed by atoms with Crippen molar-refractivity contribution in [2.75, 3.05) is 19.8 Å². The standard InChI is InChI=1S/C17H24ClNO2/c1-13(15-4-2-3-5-16(15)18)19-14-6-9-21-17(12-14)7-10-20-11-8-17/h2-5,13-14,19H,6-12H2,1H3. The summed E-state index contributed by atoms with van der Waals surface area (Å²) in [7, 11) is 0. The number of nitrogens with one attached hydrogen (secondary N) is 1. The fraction of sp³-hybridized carbons (Fsp3) is 0.647. The van der Waals surface area contributed by atoms with Gasteiger partial charge in [-0.3, -0.25) is 0 Å². The Morgan fingerprint density at radius 3 is 2.76 bits per heavy atom. The van der Waals surface area contributed by atoms with Crippen molar-refractivity contribution in [1.29, 1.82) is 0 Å². The van der Waals surface area contributed by atoms with Crippen molar-refractivity contribution >= 4 is 11.6 Å². The first-order chi connectivity index (χ1) is 10.2. The van der Waals surface area contributed by atoms with E-state index in [1.165, 1.54) is 5.56 Å². The monoisotopic (exact) mass is 309 g/mol. The largest absolute Gasteiger partial charge is 0.381 e. The van der Waals surface area contributed by atoms with Crippen LogP contribution in [0.5, 0.6) is 0 Å². The van der Waals surface area contributed by atoms with Crippen LogP contribution < -0.4 is 5.32 Å². The van der Waals surface area contributed by atoms with Crippen molar-refractivity contribution in [1.82, 2.24) is 5.32 Å². The summed E-state index contributed by atoms with van der Waals surface area (Å²) in [4.78, 5) is 0. The minimum Gasteiger partial charge on any atom is -0.381 e. The lowest BCUT2D eigenvalue weighted by atomic mass is 9.83. The molecule has 2 atom stereocenters. The van der Waals surface area contributed by atoms with Gasteiger partial charge in [0.15, 0.2) is 0 Å². The molecular formula is C17H24ClNO2. The second-order valence-electron chi connectivity index (χ2n) is 6.24. The topological polar surface area (TPSA) is 30.5 Å². The van der Waals surface area contributed by atoms with E-state index in [1.807, 2.05) is 18.2 Å². The fourth-order valence-corrected chi connectivity index (χ4v) is 3.83. The number of halogens is 1. The van der Waals surface area contributed by atoms with Crippen LogP contribution in [0.4, 0.5) is 0 Å². The van der Waals surface area contributed by atoms with Gasteiger partial charge in [0, 0.05) is 36.9 Å². The Morgan fingerprint density at radius 1 is 1.24 bits per heavy atom. The zero-order chi connectivity index (χ0) is 14.7. The molecule has 0 radical (unpaired) electrons. The van der Waals surface area contributed by atoms with E-state index >= 15 is 0 Å². The lowest BCUT2D eigenvalue weighted by Gasteiger charge is -2.44. The summed E-state index contributed by atoms with van der Waals surface area (Å²) in [5.74, 6) is 0. The summed E-state index contributed by atoms with van der Waals surface area (Å²) in [5, 5.41) is 4.58. The predicted octanol–water partition coefficient (Wildman–Crippen LogP) is 3.72. The first-order valence-electron chi connectivity index (χ1n) is 7.91. The summed E-state index contributed by atoms with van der Waals surface area (Å²) in [5.41, 5.74) is 1.21. The van der Waals surface area contributed by atoms with E-state index in [0.717, 1.165) is 50.5 Å². The van der Waals surface area contributed by atoms with Crippen LogP contribution in [-0.2, 0) is 9.47 Å². The van der Waals surface area contributed by atoms with Crippen molar-refractivity contribution < 1.29 is 9.47 Å². The van der Waals surface area contributed by atoms with Crippen LogP contribution >= 0.6 is 11.6 Å². The van der Waals surface area contributed by atoms with Crippen molar-refractivity contribution in [2.24, 2.45) is 0 Å². The summed E-state index contributed by atoms with van der Waals surface area (Å²) >= 11 is 6.30. The fourth-order valence-electron chi connectivity index (χ4n) is 3.53. The van der Waals surface area contributed by atoms with Gasteiger partial charge in [0.1, 0.15) is 0 Å². The van der Waals surface area contributed by atoms with Gasteiger partial charge < -0.3 is 14.8 Å². The molecule has 0 amide bonds. The molecule has 0 saturated carbocycles. The second kappa shape index (κ2) is 6.66. The Kier molecular flexibility index (Phi) is 4.85. The minimum absolute atomic E-state index is 0.0361. The molecule has 0 aliphatic carbocycles. The van der Waals surface area contributed by atoms with E-state index in [0.29, 0.717) is 6.04 Å². The normalized spacial score (nSPS) is 26.7. The highest BCUT2D eigenvalue weighted by molar-refractivity contribution is 6.31. The number of benzene rings is 1. The lowest BCUT2D eigenvalue weighted by Crippen LogP contribution is -2.50. The van der Waals surface area contributed by atoms with E-state index in [1.54, 1.807) is 0 Å². The third-order valence-corrected chi connectivity index (χ3v) is 5.10. The maximum Gasteiger partial charge on any atom is 0.0741 e. The van der Waals surface area contributed by atoms with E-state index in [4.69, 9.17) is 21.1 Å². The van der Waals surface area contributed by atoms with E-state index in [-0.39, 0.29) is 11.6 Å². The van der Waals surface area contributed by atoms with Crippen molar-refractivity contribution in [3.63, 3.8) is 0 Å². The Labute approximate surface area is 132 Å². The molecule has 0 bridgehead atoms. The summed E-state index contributed by atoms with van der Waals surface area (Å²) in [6.07, 6.45) is 4.18. The first-order valence-corrected chi connectivity index (χ1v) is 8.28. The molecule has 2 aliphatic heterocycles. The van der Waals surface area contributed by atoms with E-state index in [9.17, 15) is 0 Å². The van der Waals surface area contributed by atoms with Gasteiger partial charge in [0.25, 0.3) is 0 Å². The van der Waals surface area contributed by atoms with Crippen LogP contribution in [0.25, 0.3) is 0 Å². The van der Waals surface area contributed by atoms with Gasteiger partial charge in [-0.05, 0) is 44.2 Å². The van der Waals surface area contributed by atoms with Gasteiger partial charge in [0.2, 0.25) is 0 Å². The predicted molar refractivity (Wildman–Crippen MR) is 84.8 cm³/mol.